The number of amides is 2. The predicted molar refractivity (Wildman–Crippen MR) is 68.9 cm³/mol. The van der Waals surface area contributed by atoms with Gasteiger partial charge in [0, 0.05) is 6.54 Å². The van der Waals surface area contributed by atoms with Gasteiger partial charge in [-0.3, -0.25) is 9.59 Å². The van der Waals surface area contributed by atoms with Crippen LogP contribution in [0.2, 0.25) is 0 Å². The molecule has 5 nitrogen and oxygen atoms in total. The van der Waals surface area contributed by atoms with Crippen LogP contribution in [-0.4, -0.2) is 30.4 Å². The van der Waals surface area contributed by atoms with Gasteiger partial charge in [0.15, 0.2) is 0 Å². The van der Waals surface area contributed by atoms with E-state index in [1.54, 1.807) is 0 Å². The highest BCUT2D eigenvalue weighted by Gasteiger charge is 2.25. The molecule has 1 rings (SSSR count). The smallest absolute Gasteiger partial charge is 0.242 e. The number of carbonyl (C=O) groups excluding carboxylic acids is 2. The van der Waals surface area contributed by atoms with Crippen LogP contribution >= 0.6 is 12.4 Å². The average Bonchev–Trinajstić information content (AvgIpc) is 2.43. The number of carbonyl (C=O) groups is 2. The van der Waals surface area contributed by atoms with Gasteiger partial charge < -0.3 is 16.4 Å². The fraction of sp³-hybridized carbons (Fsp3) is 0.818. The van der Waals surface area contributed by atoms with Crippen molar-refractivity contribution in [2.24, 2.45) is 11.7 Å². The zero-order valence-electron chi connectivity index (χ0n) is 10.4. The molecule has 0 aromatic heterocycles. The molecule has 17 heavy (non-hydrogen) atoms. The number of hydrogen-bond acceptors (Lipinski definition) is 3. The van der Waals surface area contributed by atoms with Gasteiger partial charge in [-0.2, -0.15) is 0 Å². The van der Waals surface area contributed by atoms with Crippen LogP contribution in [0, 0.1) is 5.92 Å². The molecule has 0 saturated carbocycles. The lowest BCUT2D eigenvalue weighted by Gasteiger charge is -2.20. The first kappa shape index (κ1) is 16.2. The van der Waals surface area contributed by atoms with E-state index in [0.29, 0.717) is 13.0 Å². The maximum Gasteiger partial charge on any atom is 0.242 e. The zero-order valence-corrected chi connectivity index (χ0v) is 11.2. The maximum absolute atomic E-state index is 11.7. The molecule has 2 atom stereocenters. The summed E-state index contributed by atoms with van der Waals surface area (Å²) in [5.41, 5.74) is 5.72. The summed E-state index contributed by atoms with van der Waals surface area (Å²) in [4.78, 5) is 23.3. The Morgan fingerprint density at radius 3 is 2.71 bits per heavy atom. The molecule has 0 aromatic carbocycles. The van der Waals surface area contributed by atoms with Crippen LogP contribution in [0.3, 0.4) is 0 Å². The molecule has 1 aliphatic rings. The van der Waals surface area contributed by atoms with Crippen LogP contribution < -0.4 is 16.4 Å². The van der Waals surface area contributed by atoms with Crippen molar-refractivity contribution >= 4 is 24.2 Å². The molecule has 0 spiro atoms. The van der Waals surface area contributed by atoms with E-state index in [-0.39, 0.29) is 30.1 Å². The molecule has 6 heteroatoms. The number of nitrogens with two attached hydrogens (primary N) is 1. The van der Waals surface area contributed by atoms with E-state index in [9.17, 15) is 9.59 Å². The van der Waals surface area contributed by atoms with Gasteiger partial charge in [-0.1, -0.05) is 13.8 Å². The molecule has 1 saturated heterocycles. The van der Waals surface area contributed by atoms with Gasteiger partial charge in [0.05, 0.1) is 6.04 Å². The summed E-state index contributed by atoms with van der Waals surface area (Å²) in [7, 11) is 0. The second-order valence-electron chi connectivity index (χ2n) is 4.62. The lowest BCUT2D eigenvalue weighted by molar-refractivity contribution is -0.130. The van der Waals surface area contributed by atoms with E-state index in [0.717, 1.165) is 12.8 Å². The third-order valence-corrected chi connectivity index (χ3v) is 2.87. The molecule has 0 aliphatic carbocycles. The Morgan fingerprint density at radius 1 is 1.47 bits per heavy atom. The van der Waals surface area contributed by atoms with Gasteiger partial charge in [0.1, 0.15) is 6.04 Å². The SMILES string of the molecule is CC(C)C(N)C(=O)NC1CCCCNC1=O.Cl. The van der Waals surface area contributed by atoms with Crippen LogP contribution in [0.25, 0.3) is 0 Å². The number of halogens is 1. The number of nitrogens with one attached hydrogen (secondary N) is 2. The Kier molecular flexibility index (Phi) is 7.15. The molecule has 0 aromatic rings. The number of hydrogen-bond donors (Lipinski definition) is 3. The Balaban J connectivity index is 0.00000256. The van der Waals surface area contributed by atoms with Crippen molar-refractivity contribution in [2.75, 3.05) is 6.54 Å². The van der Waals surface area contributed by atoms with Crippen LogP contribution in [-0.2, 0) is 9.59 Å². The fourth-order valence-corrected chi connectivity index (χ4v) is 1.65. The summed E-state index contributed by atoms with van der Waals surface area (Å²) in [6, 6.07) is -0.962. The Labute approximate surface area is 108 Å². The van der Waals surface area contributed by atoms with Gasteiger partial charge in [-0.05, 0) is 25.2 Å². The van der Waals surface area contributed by atoms with Crippen LogP contribution in [0.15, 0.2) is 0 Å². The second-order valence-corrected chi connectivity index (χ2v) is 4.62. The van der Waals surface area contributed by atoms with Gasteiger partial charge in [0.2, 0.25) is 11.8 Å². The Hall–Kier alpha value is -0.810. The quantitative estimate of drug-likeness (QED) is 0.679. The van der Waals surface area contributed by atoms with E-state index in [2.05, 4.69) is 10.6 Å². The zero-order chi connectivity index (χ0) is 12.1. The molecule has 1 heterocycles. The molecule has 1 aliphatic heterocycles. The Bertz CT molecular complexity index is 271. The monoisotopic (exact) mass is 263 g/mol. The van der Waals surface area contributed by atoms with Gasteiger partial charge in [-0.15, -0.1) is 12.4 Å². The van der Waals surface area contributed by atoms with Crippen molar-refractivity contribution in [1.29, 1.82) is 0 Å². The van der Waals surface area contributed by atoms with E-state index in [1.807, 2.05) is 13.8 Å². The maximum atomic E-state index is 11.7. The van der Waals surface area contributed by atoms with Gasteiger partial charge >= 0.3 is 0 Å². The highest BCUT2D eigenvalue weighted by atomic mass is 35.5. The molecule has 1 fully saturated rings. The van der Waals surface area contributed by atoms with E-state index < -0.39 is 12.1 Å². The van der Waals surface area contributed by atoms with Crippen molar-refractivity contribution in [2.45, 2.75) is 45.2 Å². The first-order chi connectivity index (χ1) is 7.52. The summed E-state index contributed by atoms with van der Waals surface area (Å²) in [6.45, 7) is 4.47. The van der Waals surface area contributed by atoms with Crippen molar-refractivity contribution in [1.82, 2.24) is 10.6 Å². The summed E-state index contributed by atoms with van der Waals surface area (Å²) in [5.74, 6) is -0.257. The van der Waals surface area contributed by atoms with Crippen LogP contribution in [0.1, 0.15) is 33.1 Å². The molecule has 4 N–H and O–H groups in total. The second kappa shape index (κ2) is 7.50. The standard InChI is InChI=1S/C11H21N3O2.ClH/c1-7(2)9(12)11(16)14-8-5-3-4-6-13-10(8)15;/h7-9H,3-6,12H2,1-2H3,(H,13,15)(H,14,16);1H. The van der Waals surface area contributed by atoms with Crippen molar-refractivity contribution in [3.8, 4) is 0 Å². The summed E-state index contributed by atoms with van der Waals surface area (Å²) >= 11 is 0. The summed E-state index contributed by atoms with van der Waals surface area (Å²) < 4.78 is 0. The highest BCUT2D eigenvalue weighted by Crippen LogP contribution is 2.06. The topological polar surface area (TPSA) is 84.2 Å². The first-order valence-corrected chi connectivity index (χ1v) is 5.86. The third kappa shape index (κ3) is 4.91. The molecule has 100 valence electrons. The Morgan fingerprint density at radius 2 is 2.12 bits per heavy atom. The van der Waals surface area contributed by atoms with Gasteiger partial charge in [-0.25, -0.2) is 0 Å². The van der Waals surface area contributed by atoms with Crippen LogP contribution in [0.4, 0.5) is 0 Å². The molecule has 2 amide bonds. The minimum absolute atomic E-state index is 0. The lowest BCUT2D eigenvalue weighted by Crippen LogP contribution is -2.52. The van der Waals surface area contributed by atoms with Gasteiger partial charge in [0.25, 0.3) is 0 Å². The van der Waals surface area contributed by atoms with E-state index in [4.69, 9.17) is 5.73 Å². The fourth-order valence-electron chi connectivity index (χ4n) is 1.65. The molecule has 0 bridgehead atoms. The minimum Gasteiger partial charge on any atom is -0.354 e. The average molecular weight is 264 g/mol. The number of rotatable bonds is 3. The van der Waals surface area contributed by atoms with E-state index >= 15 is 0 Å². The molecule has 0 radical (unpaired) electrons. The predicted octanol–water partition coefficient (Wildman–Crippen LogP) is 0.176. The van der Waals surface area contributed by atoms with Crippen molar-refractivity contribution in [3.05, 3.63) is 0 Å². The van der Waals surface area contributed by atoms with Crippen LogP contribution in [0.5, 0.6) is 0 Å². The summed E-state index contributed by atoms with van der Waals surface area (Å²) in [6.07, 6.45) is 2.61. The highest BCUT2D eigenvalue weighted by molar-refractivity contribution is 5.89. The molecule has 2 unspecified atom stereocenters. The summed E-state index contributed by atoms with van der Waals surface area (Å²) in [5, 5.41) is 5.49. The molecular weight excluding hydrogens is 242 g/mol. The van der Waals surface area contributed by atoms with Crippen molar-refractivity contribution < 1.29 is 9.59 Å². The third-order valence-electron chi connectivity index (χ3n) is 2.87. The first-order valence-electron chi connectivity index (χ1n) is 5.86. The normalized spacial score (nSPS) is 22.1. The lowest BCUT2D eigenvalue weighted by atomic mass is 10.0. The molecular formula is C11H22ClN3O2. The largest absolute Gasteiger partial charge is 0.354 e. The minimum atomic E-state index is -0.545. The van der Waals surface area contributed by atoms with E-state index in [1.165, 1.54) is 0 Å². The van der Waals surface area contributed by atoms with Crippen molar-refractivity contribution in [3.63, 3.8) is 0 Å².